The molecular formula is C14H23N3O2. The van der Waals surface area contributed by atoms with Gasteiger partial charge in [-0.05, 0) is 46.5 Å². The summed E-state index contributed by atoms with van der Waals surface area (Å²) in [5, 5.41) is 0. The summed E-state index contributed by atoms with van der Waals surface area (Å²) in [7, 11) is 0. The lowest BCUT2D eigenvalue weighted by molar-refractivity contribution is 0.134. The molecule has 0 bridgehead atoms. The molecule has 0 amide bonds. The van der Waals surface area contributed by atoms with Gasteiger partial charge in [0.15, 0.2) is 0 Å². The lowest BCUT2D eigenvalue weighted by atomic mass is 9.94. The first-order valence-electron chi connectivity index (χ1n) is 6.88. The molecule has 0 aromatic carbocycles. The fraction of sp³-hybridized carbons (Fsp3) is 0.714. The van der Waals surface area contributed by atoms with Gasteiger partial charge in [-0.15, -0.1) is 0 Å². The first-order valence-corrected chi connectivity index (χ1v) is 6.88. The van der Waals surface area contributed by atoms with Crippen molar-refractivity contribution < 1.29 is 4.74 Å². The summed E-state index contributed by atoms with van der Waals surface area (Å²) in [6.07, 6.45) is 7.15. The van der Waals surface area contributed by atoms with Gasteiger partial charge in [0.2, 0.25) is 0 Å². The third-order valence-electron chi connectivity index (χ3n) is 3.48. The molecule has 2 rings (SSSR count). The molecule has 1 aromatic heterocycles. The molecule has 106 valence electrons. The van der Waals surface area contributed by atoms with Crippen LogP contribution in [0.3, 0.4) is 0 Å². The van der Waals surface area contributed by atoms with Crippen molar-refractivity contribution in [3.8, 4) is 5.88 Å². The minimum Gasteiger partial charge on any atom is -0.470 e. The van der Waals surface area contributed by atoms with Gasteiger partial charge in [-0.3, -0.25) is 4.79 Å². The Morgan fingerprint density at radius 3 is 2.79 bits per heavy atom. The van der Waals surface area contributed by atoms with Crippen molar-refractivity contribution in [3.63, 3.8) is 0 Å². The zero-order valence-corrected chi connectivity index (χ0v) is 11.9. The average Bonchev–Trinajstić information content (AvgIpc) is 2.30. The molecule has 0 spiro atoms. The number of hydrogen-bond donors (Lipinski definition) is 1. The fourth-order valence-electron chi connectivity index (χ4n) is 2.45. The quantitative estimate of drug-likeness (QED) is 0.882. The summed E-state index contributed by atoms with van der Waals surface area (Å²) < 4.78 is 7.42. The zero-order valence-electron chi connectivity index (χ0n) is 11.9. The summed E-state index contributed by atoms with van der Waals surface area (Å²) in [6, 6.07) is 0.173. The van der Waals surface area contributed by atoms with Crippen molar-refractivity contribution in [2.75, 3.05) is 0 Å². The summed E-state index contributed by atoms with van der Waals surface area (Å²) in [5.41, 5.74) is 5.48. The molecule has 2 atom stereocenters. The van der Waals surface area contributed by atoms with Crippen LogP contribution in [-0.4, -0.2) is 21.7 Å². The van der Waals surface area contributed by atoms with Gasteiger partial charge in [-0.2, -0.15) is 0 Å². The van der Waals surface area contributed by atoms with Gasteiger partial charge in [0, 0.05) is 24.0 Å². The van der Waals surface area contributed by atoms with Crippen molar-refractivity contribution in [3.05, 3.63) is 22.7 Å². The monoisotopic (exact) mass is 265 g/mol. The molecule has 1 aliphatic rings. The third kappa shape index (κ3) is 3.35. The predicted molar refractivity (Wildman–Crippen MR) is 74.4 cm³/mol. The van der Waals surface area contributed by atoms with Gasteiger partial charge in [0.25, 0.3) is 5.88 Å². The lowest BCUT2D eigenvalue weighted by Crippen LogP contribution is -2.38. The molecule has 0 aliphatic heterocycles. The van der Waals surface area contributed by atoms with Gasteiger partial charge < -0.3 is 15.0 Å². The van der Waals surface area contributed by atoms with Gasteiger partial charge in [0.05, 0.1) is 0 Å². The van der Waals surface area contributed by atoms with Crippen LogP contribution in [0.15, 0.2) is 17.2 Å². The minimum absolute atomic E-state index is 0.0137. The molecule has 1 fully saturated rings. The molecule has 2 unspecified atom stereocenters. The summed E-state index contributed by atoms with van der Waals surface area (Å²) in [4.78, 5) is 16.4. The number of ether oxygens (including phenoxy) is 1. The molecule has 0 radical (unpaired) electrons. The third-order valence-corrected chi connectivity index (χ3v) is 3.48. The maximum Gasteiger partial charge on any atom is 0.313 e. The Labute approximate surface area is 113 Å². The molecule has 19 heavy (non-hydrogen) atoms. The highest BCUT2D eigenvalue weighted by Gasteiger charge is 2.23. The topological polar surface area (TPSA) is 70.1 Å². The van der Waals surface area contributed by atoms with E-state index in [1.807, 2.05) is 20.8 Å². The van der Waals surface area contributed by atoms with Crippen LogP contribution in [0.1, 0.15) is 46.5 Å². The first-order chi connectivity index (χ1) is 8.88. The number of rotatable bonds is 2. The lowest BCUT2D eigenvalue weighted by Gasteiger charge is -2.27. The minimum atomic E-state index is -0.277. The Balaban J connectivity index is 2.19. The van der Waals surface area contributed by atoms with Crippen LogP contribution in [0.4, 0.5) is 0 Å². The van der Waals surface area contributed by atoms with Crippen LogP contribution < -0.4 is 16.0 Å². The summed E-state index contributed by atoms with van der Waals surface area (Å²) in [5.74, 6) is 0.191. The smallest absolute Gasteiger partial charge is 0.313 e. The highest BCUT2D eigenvalue weighted by Crippen LogP contribution is 2.20. The van der Waals surface area contributed by atoms with Gasteiger partial charge in [0.1, 0.15) is 6.10 Å². The maximum absolute atomic E-state index is 12.3. The molecular weight excluding hydrogens is 242 g/mol. The Morgan fingerprint density at radius 2 is 2.16 bits per heavy atom. The van der Waals surface area contributed by atoms with Crippen LogP contribution in [0.5, 0.6) is 5.88 Å². The first kappa shape index (κ1) is 14.1. The Kier molecular flexibility index (Phi) is 3.94. The van der Waals surface area contributed by atoms with Crippen LogP contribution in [-0.2, 0) is 5.54 Å². The van der Waals surface area contributed by atoms with Crippen LogP contribution >= 0.6 is 0 Å². The van der Waals surface area contributed by atoms with E-state index in [2.05, 4.69) is 4.98 Å². The van der Waals surface area contributed by atoms with E-state index in [9.17, 15) is 4.79 Å². The van der Waals surface area contributed by atoms with E-state index >= 15 is 0 Å². The van der Waals surface area contributed by atoms with Gasteiger partial charge in [-0.1, -0.05) is 0 Å². The molecule has 1 heterocycles. The Morgan fingerprint density at radius 1 is 1.42 bits per heavy atom. The van der Waals surface area contributed by atoms with Crippen LogP contribution in [0.25, 0.3) is 0 Å². The second-order valence-electron chi connectivity index (χ2n) is 6.24. The van der Waals surface area contributed by atoms with E-state index in [-0.39, 0.29) is 29.1 Å². The van der Waals surface area contributed by atoms with E-state index in [0.29, 0.717) is 0 Å². The average molecular weight is 265 g/mol. The van der Waals surface area contributed by atoms with E-state index in [1.165, 1.54) is 0 Å². The number of aromatic nitrogens is 2. The Bertz CT molecular complexity index is 490. The van der Waals surface area contributed by atoms with E-state index < -0.39 is 0 Å². The normalized spacial score (nSPS) is 24.2. The van der Waals surface area contributed by atoms with Gasteiger partial charge in [-0.25, -0.2) is 4.98 Å². The molecule has 5 heteroatoms. The van der Waals surface area contributed by atoms with Crippen molar-refractivity contribution in [1.82, 2.24) is 9.55 Å². The van der Waals surface area contributed by atoms with Crippen molar-refractivity contribution in [2.24, 2.45) is 5.73 Å². The summed E-state index contributed by atoms with van der Waals surface area (Å²) in [6.45, 7) is 5.94. The highest BCUT2D eigenvalue weighted by molar-refractivity contribution is 5.07. The molecule has 5 nitrogen and oxygen atoms in total. The number of nitrogens with zero attached hydrogens (tertiary/aromatic N) is 2. The van der Waals surface area contributed by atoms with Gasteiger partial charge >= 0.3 is 5.56 Å². The van der Waals surface area contributed by atoms with Crippen molar-refractivity contribution in [1.29, 1.82) is 0 Å². The molecule has 2 N–H and O–H groups in total. The van der Waals surface area contributed by atoms with Crippen molar-refractivity contribution >= 4 is 0 Å². The Hall–Kier alpha value is -1.36. The maximum atomic E-state index is 12.3. The SMILES string of the molecule is CC(C)(C)n1ccnc(OC2CCCC(N)C2)c1=O. The van der Waals surface area contributed by atoms with E-state index in [4.69, 9.17) is 10.5 Å². The van der Waals surface area contributed by atoms with E-state index in [0.717, 1.165) is 25.7 Å². The second-order valence-corrected chi connectivity index (χ2v) is 6.24. The molecule has 1 aromatic rings. The van der Waals surface area contributed by atoms with Crippen LogP contribution in [0.2, 0.25) is 0 Å². The number of nitrogens with two attached hydrogens (primary N) is 1. The van der Waals surface area contributed by atoms with Crippen molar-refractivity contribution in [2.45, 2.75) is 64.1 Å². The van der Waals surface area contributed by atoms with E-state index in [1.54, 1.807) is 17.0 Å². The molecule has 1 saturated carbocycles. The number of hydrogen-bond acceptors (Lipinski definition) is 4. The molecule has 0 saturated heterocycles. The zero-order chi connectivity index (χ0) is 14.0. The largest absolute Gasteiger partial charge is 0.470 e. The standard InChI is InChI=1S/C14H23N3O2/c1-14(2,3)17-8-7-16-12(13(17)18)19-11-6-4-5-10(15)9-11/h7-8,10-11H,4-6,9,15H2,1-3H3. The highest BCUT2D eigenvalue weighted by atomic mass is 16.5. The predicted octanol–water partition coefficient (Wildman–Crippen LogP) is 1.65. The van der Waals surface area contributed by atoms with Crippen LogP contribution in [0, 0.1) is 0 Å². The molecule has 1 aliphatic carbocycles. The summed E-state index contributed by atoms with van der Waals surface area (Å²) >= 11 is 0. The second kappa shape index (κ2) is 5.33. The fourth-order valence-corrected chi connectivity index (χ4v) is 2.45.